The zero-order chi connectivity index (χ0) is 5.56. The van der Waals surface area contributed by atoms with Gasteiger partial charge in [0.15, 0.2) is 0 Å². The van der Waals surface area contributed by atoms with Crippen LogP contribution < -0.4 is 5.73 Å². The Morgan fingerprint density at radius 2 is 1.89 bits per heavy atom. The summed E-state index contributed by atoms with van der Waals surface area (Å²) in [4.78, 5) is 0. The quantitative estimate of drug-likeness (QED) is 0.553. The van der Waals surface area contributed by atoms with Gasteiger partial charge in [0.05, 0.1) is 0 Å². The summed E-state index contributed by atoms with van der Waals surface area (Å²) in [5, 5.41) is 0. The van der Waals surface area contributed by atoms with Crippen molar-refractivity contribution in [2.45, 2.75) is 31.7 Å². The van der Waals surface area contributed by atoms with E-state index in [1.807, 2.05) is 0 Å². The van der Waals surface area contributed by atoms with Crippen molar-refractivity contribution in [3.05, 3.63) is 0 Å². The third-order valence-electron chi connectivity index (χ3n) is 2.79. The number of nitrogens with two attached hydrogens (primary N) is 1. The number of halogens is 1. The molecule has 2 aliphatic rings. The summed E-state index contributed by atoms with van der Waals surface area (Å²) < 4.78 is 0. The van der Waals surface area contributed by atoms with E-state index in [9.17, 15) is 0 Å². The zero-order valence-electron chi connectivity index (χ0n) is 5.55. The van der Waals surface area contributed by atoms with Crippen LogP contribution in [0, 0.1) is 11.8 Å². The normalized spacial score (nSPS) is 47.0. The molecule has 0 amide bonds. The molecule has 2 heteroatoms. The van der Waals surface area contributed by atoms with Crippen LogP contribution in [0.25, 0.3) is 0 Å². The Labute approximate surface area is 62.4 Å². The molecule has 2 saturated carbocycles. The molecule has 0 radical (unpaired) electrons. The third-order valence-corrected chi connectivity index (χ3v) is 2.79. The Hall–Kier alpha value is 0.250. The largest absolute Gasteiger partial charge is 0.327 e. The van der Waals surface area contributed by atoms with Crippen molar-refractivity contribution < 1.29 is 0 Å². The van der Waals surface area contributed by atoms with E-state index in [4.69, 9.17) is 5.73 Å². The van der Waals surface area contributed by atoms with Gasteiger partial charge in [-0.2, -0.15) is 0 Å². The minimum absolute atomic E-state index is 0. The second kappa shape index (κ2) is 2.47. The second-order valence-electron chi connectivity index (χ2n) is 3.34. The van der Waals surface area contributed by atoms with E-state index < -0.39 is 0 Å². The van der Waals surface area contributed by atoms with Crippen LogP contribution in [0.2, 0.25) is 0 Å². The minimum Gasteiger partial charge on any atom is -0.327 e. The zero-order valence-corrected chi connectivity index (χ0v) is 6.36. The molecule has 0 aromatic carbocycles. The van der Waals surface area contributed by atoms with E-state index in [0.29, 0.717) is 6.04 Å². The lowest BCUT2D eigenvalue weighted by atomic mass is 9.96. The van der Waals surface area contributed by atoms with Crippen LogP contribution in [0.1, 0.15) is 25.7 Å². The van der Waals surface area contributed by atoms with E-state index in [-0.39, 0.29) is 12.4 Å². The lowest BCUT2D eigenvalue weighted by Gasteiger charge is -2.15. The first kappa shape index (κ1) is 7.36. The molecular formula is C7H14ClN. The van der Waals surface area contributed by atoms with Crippen LogP contribution in [-0.2, 0) is 0 Å². The van der Waals surface area contributed by atoms with Crippen molar-refractivity contribution in [3.8, 4) is 0 Å². The van der Waals surface area contributed by atoms with Gasteiger partial charge in [0.25, 0.3) is 0 Å². The van der Waals surface area contributed by atoms with Gasteiger partial charge in [-0.05, 0) is 31.1 Å². The van der Waals surface area contributed by atoms with Crippen LogP contribution in [0.5, 0.6) is 0 Å². The first-order valence-corrected chi connectivity index (χ1v) is 3.62. The maximum atomic E-state index is 5.82. The SMILES string of the molecule is Cl.N[C@H]1C[C@@H]2CC[C@@H]1C2. The van der Waals surface area contributed by atoms with Gasteiger partial charge in [0, 0.05) is 6.04 Å². The van der Waals surface area contributed by atoms with Gasteiger partial charge < -0.3 is 5.73 Å². The molecule has 0 saturated heterocycles. The van der Waals surface area contributed by atoms with E-state index >= 15 is 0 Å². The highest BCUT2D eigenvalue weighted by molar-refractivity contribution is 5.85. The molecule has 2 fully saturated rings. The Balaban J connectivity index is 0.000000405. The van der Waals surface area contributed by atoms with E-state index in [1.165, 1.54) is 25.7 Å². The van der Waals surface area contributed by atoms with Gasteiger partial charge >= 0.3 is 0 Å². The second-order valence-corrected chi connectivity index (χ2v) is 3.34. The number of hydrogen-bond acceptors (Lipinski definition) is 1. The third kappa shape index (κ3) is 1.08. The predicted molar refractivity (Wildman–Crippen MR) is 40.7 cm³/mol. The summed E-state index contributed by atoms with van der Waals surface area (Å²) in [5.74, 6) is 1.94. The lowest BCUT2D eigenvalue weighted by molar-refractivity contribution is 0.418. The lowest BCUT2D eigenvalue weighted by Crippen LogP contribution is -2.26. The standard InChI is InChI=1S/C7H13N.ClH/c8-7-4-5-1-2-6(7)3-5;/h5-7H,1-4,8H2;1H/t5-,6-,7+;/m1./s1. The maximum Gasteiger partial charge on any atom is 0.00699 e. The van der Waals surface area contributed by atoms with Gasteiger partial charge in [0.1, 0.15) is 0 Å². The molecule has 0 aliphatic heterocycles. The summed E-state index contributed by atoms with van der Waals surface area (Å²) in [6.07, 6.45) is 5.66. The molecule has 2 rings (SSSR count). The van der Waals surface area contributed by atoms with Crippen LogP contribution in [0.15, 0.2) is 0 Å². The molecule has 2 aliphatic carbocycles. The molecule has 9 heavy (non-hydrogen) atoms. The van der Waals surface area contributed by atoms with E-state index in [2.05, 4.69) is 0 Å². The number of fused-ring (bicyclic) bond motifs is 2. The van der Waals surface area contributed by atoms with Crippen molar-refractivity contribution in [2.75, 3.05) is 0 Å². The van der Waals surface area contributed by atoms with Crippen molar-refractivity contribution in [2.24, 2.45) is 17.6 Å². The summed E-state index contributed by atoms with van der Waals surface area (Å²) in [7, 11) is 0. The maximum absolute atomic E-state index is 5.82. The molecule has 0 spiro atoms. The van der Waals surface area contributed by atoms with Gasteiger partial charge in [0.2, 0.25) is 0 Å². The Kier molecular flexibility index (Phi) is 2.02. The Morgan fingerprint density at radius 3 is 2.11 bits per heavy atom. The molecule has 0 aromatic heterocycles. The van der Waals surface area contributed by atoms with Gasteiger partial charge in [-0.3, -0.25) is 0 Å². The first-order chi connectivity index (χ1) is 3.86. The average molecular weight is 148 g/mol. The molecule has 54 valence electrons. The highest BCUT2D eigenvalue weighted by atomic mass is 35.5. The molecular weight excluding hydrogens is 134 g/mol. The number of hydrogen-bond donors (Lipinski definition) is 1. The van der Waals surface area contributed by atoms with Crippen LogP contribution in [0.4, 0.5) is 0 Å². The highest BCUT2D eigenvalue weighted by Crippen LogP contribution is 2.43. The Bertz CT molecular complexity index is 103. The molecule has 0 heterocycles. The van der Waals surface area contributed by atoms with E-state index in [1.54, 1.807) is 0 Å². The van der Waals surface area contributed by atoms with Crippen LogP contribution in [-0.4, -0.2) is 6.04 Å². The molecule has 1 nitrogen and oxygen atoms in total. The Morgan fingerprint density at radius 1 is 1.11 bits per heavy atom. The fraction of sp³-hybridized carbons (Fsp3) is 1.00. The van der Waals surface area contributed by atoms with Crippen molar-refractivity contribution in [1.82, 2.24) is 0 Å². The monoisotopic (exact) mass is 147 g/mol. The van der Waals surface area contributed by atoms with Crippen molar-refractivity contribution in [3.63, 3.8) is 0 Å². The van der Waals surface area contributed by atoms with Gasteiger partial charge in [-0.25, -0.2) is 0 Å². The summed E-state index contributed by atoms with van der Waals surface area (Å²) in [6, 6.07) is 0.578. The van der Waals surface area contributed by atoms with Gasteiger partial charge in [-0.15, -0.1) is 12.4 Å². The minimum atomic E-state index is 0. The van der Waals surface area contributed by atoms with Crippen LogP contribution in [0.3, 0.4) is 0 Å². The molecule has 0 unspecified atom stereocenters. The van der Waals surface area contributed by atoms with Gasteiger partial charge in [-0.1, -0.05) is 6.42 Å². The molecule has 3 atom stereocenters. The molecule has 2 N–H and O–H groups in total. The summed E-state index contributed by atoms with van der Waals surface area (Å²) >= 11 is 0. The summed E-state index contributed by atoms with van der Waals surface area (Å²) in [6.45, 7) is 0. The fourth-order valence-electron chi connectivity index (χ4n) is 2.29. The predicted octanol–water partition coefficient (Wildman–Crippen LogP) is 1.56. The fourth-order valence-corrected chi connectivity index (χ4v) is 2.29. The summed E-state index contributed by atoms with van der Waals surface area (Å²) in [5.41, 5.74) is 5.82. The highest BCUT2D eigenvalue weighted by Gasteiger charge is 2.36. The first-order valence-electron chi connectivity index (χ1n) is 3.62. The van der Waals surface area contributed by atoms with Crippen molar-refractivity contribution >= 4 is 12.4 Å². The van der Waals surface area contributed by atoms with E-state index in [0.717, 1.165) is 11.8 Å². The molecule has 0 aromatic rings. The smallest absolute Gasteiger partial charge is 0.00699 e. The van der Waals surface area contributed by atoms with Crippen molar-refractivity contribution in [1.29, 1.82) is 0 Å². The topological polar surface area (TPSA) is 26.0 Å². The number of rotatable bonds is 0. The molecule has 2 bridgehead atoms. The van der Waals surface area contributed by atoms with Crippen LogP contribution >= 0.6 is 12.4 Å². The average Bonchev–Trinajstić information content (AvgIpc) is 2.23.